The Kier molecular flexibility index (Phi) is 6.25. The van der Waals surface area contributed by atoms with Crippen molar-refractivity contribution < 1.29 is 18.3 Å². The molecule has 4 aromatic carbocycles. The Morgan fingerprint density at radius 1 is 1.03 bits per heavy atom. The molecule has 0 saturated heterocycles. The first-order chi connectivity index (χ1) is 17.4. The summed E-state index contributed by atoms with van der Waals surface area (Å²) >= 11 is 5.84. The van der Waals surface area contributed by atoms with Gasteiger partial charge in [0.15, 0.2) is 0 Å². The molecule has 36 heavy (non-hydrogen) atoms. The number of furan rings is 1. The average Bonchev–Trinajstić information content (AvgIpc) is 3.30. The van der Waals surface area contributed by atoms with E-state index < -0.39 is 5.82 Å². The van der Waals surface area contributed by atoms with Gasteiger partial charge in [-0.1, -0.05) is 54.1 Å². The summed E-state index contributed by atoms with van der Waals surface area (Å²) < 4.78 is 25.2. The Hall–Kier alpha value is -4.09. The number of carbonyl (C=O) groups is 1. The number of halogens is 2. The van der Waals surface area contributed by atoms with Gasteiger partial charge in [-0.3, -0.25) is 4.79 Å². The van der Waals surface area contributed by atoms with Gasteiger partial charge in [0, 0.05) is 33.8 Å². The third-order valence-electron chi connectivity index (χ3n) is 6.29. The van der Waals surface area contributed by atoms with Crippen LogP contribution in [0.4, 0.5) is 10.1 Å². The van der Waals surface area contributed by atoms with Crippen molar-refractivity contribution in [1.29, 1.82) is 0 Å². The minimum Gasteiger partial charge on any atom is -0.496 e. The molecule has 1 amide bonds. The number of rotatable bonds is 5. The summed E-state index contributed by atoms with van der Waals surface area (Å²) in [5.74, 6) is -0.277. The van der Waals surface area contributed by atoms with Crippen molar-refractivity contribution >= 4 is 50.5 Å². The lowest BCUT2D eigenvalue weighted by Gasteiger charge is -2.14. The fraction of sp³-hybridized carbons (Fsp3) is 0.100. The number of anilines is 1. The molecule has 0 spiro atoms. The predicted molar refractivity (Wildman–Crippen MR) is 144 cm³/mol. The molecule has 0 bridgehead atoms. The molecule has 5 rings (SSSR count). The molecule has 6 heteroatoms. The zero-order chi connectivity index (χ0) is 25.4. The molecule has 1 N–H and O–H groups in total. The smallest absolute Gasteiger partial charge is 0.248 e. The predicted octanol–water partition coefficient (Wildman–Crippen LogP) is 8.40. The van der Waals surface area contributed by atoms with Gasteiger partial charge in [-0.25, -0.2) is 4.39 Å². The Morgan fingerprint density at radius 3 is 2.58 bits per heavy atom. The van der Waals surface area contributed by atoms with E-state index in [1.54, 1.807) is 13.4 Å². The number of carbonyl (C=O) groups excluding carboxylic acids is 1. The van der Waals surface area contributed by atoms with Gasteiger partial charge in [-0.2, -0.15) is 0 Å². The second kappa shape index (κ2) is 9.51. The first-order valence-electron chi connectivity index (χ1n) is 11.4. The van der Waals surface area contributed by atoms with E-state index in [0.29, 0.717) is 17.0 Å². The maximum absolute atomic E-state index is 13.5. The molecule has 0 saturated carbocycles. The van der Waals surface area contributed by atoms with E-state index in [4.69, 9.17) is 20.8 Å². The highest BCUT2D eigenvalue weighted by Gasteiger charge is 2.19. The third-order valence-corrected chi connectivity index (χ3v) is 6.58. The summed E-state index contributed by atoms with van der Waals surface area (Å²) in [5, 5.41) is 5.87. The topological polar surface area (TPSA) is 51.5 Å². The number of nitrogens with one attached hydrogen (secondary N) is 1. The van der Waals surface area contributed by atoms with E-state index in [0.717, 1.165) is 44.0 Å². The number of ether oxygens (including phenoxy) is 1. The number of methoxy groups -OCH3 is 1. The highest BCUT2D eigenvalue weighted by Crippen LogP contribution is 2.42. The molecule has 5 aromatic rings. The van der Waals surface area contributed by atoms with Gasteiger partial charge in [-0.15, -0.1) is 0 Å². The van der Waals surface area contributed by atoms with Crippen LogP contribution < -0.4 is 10.1 Å². The fourth-order valence-electron chi connectivity index (χ4n) is 4.57. The van der Waals surface area contributed by atoms with Gasteiger partial charge in [0.05, 0.1) is 18.4 Å². The Balaban J connectivity index is 1.59. The lowest BCUT2D eigenvalue weighted by atomic mass is 9.94. The zero-order valence-corrected chi connectivity index (χ0v) is 20.7. The molecule has 0 unspecified atom stereocenters. The first kappa shape index (κ1) is 23.6. The summed E-state index contributed by atoms with van der Waals surface area (Å²) in [4.78, 5) is 12.7. The molecule has 0 fully saturated rings. The molecular formula is C30H23ClFNO3. The van der Waals surface area contributed by atoms with Crippen LogP contribution in [0.2, 0.25) is 5.02 Å². The molecule has 0 atom stereocenters. The van der Waals surface area contributed by atoms with E-state index in [1.165, 1.54) is 24.3 Å². The maximum atomic E-state index is 13.5. The van der Waals surface area contributed by atoms with Crippen molar-refractivity contribution in [2.24, 2.45) is 0 Å². The van der Waals surface area contributed by atoms with Crippen molar-refractivity contribution in [3.8, 4) is 16.9 Å². The number of fused-ring (bicyclic) bond motifs is 2. The molecule has 1 aromatic heterocycles. The summed E-state index contributed by atoms with van der Waals surface area (Å²) in [6, 6.07) is 20.5. The number of hydrogen-bond donors (Lipinski definition) is 1. The minimum absolute atomic E-state index is 0.0582. The summed E-state index contributed by atoms with van der Waals surface area (Å²) in [6.45, 7) is 3.78. The summed E-state index contributed by atoms with van der Waals surface area (Å²) in [7, 11) is 1.60. The van der Waals surface area contributed by atoms with Crippen LogP contribution in [0.5, 0.6) is 5.75 Å². The average molecular weight is 500 g/mol. The second-order valence-electron chi connectivity index (χ2n) is 8.58. The molecule has 1 heterocycles. The number of amides is 1. The van der Waals surface area contributed by atoms with Crippen molar-refractivity contribution in [2.45, 2.75) is 13.8 Å². The Labute approximate surface area is 212 Å². The Morgan fingerprint density at radius 2 is 1.81 bits per heavy atom. The lowest BCUT2D eigenvalue weighted by molar-refractivity contribution is -0.111. The molecule has 0 aliphatic rings. The van der Waals surface area contributed by atoms with Gasteiger partial charge >= 0.3 is 0 Å². The van der Waals surface area contributed by atoms with Gasteiger partial charge < -0.3 is 14.5 Å². The van der Waals surface area contributed by atoms with Gasteiger partial charge in [-0.05, 0) is 60.0 Å². The summed E-state index contributed by atoms with van der Waals surface area (Å²) in [6.07, 6.45) is 3.25. The third kappa shape index (κ3) is 4.23. The number of allylic oxidation sites excluding steroid dienone is 1. The monoisotopic (exact) mass is 499 g/mol. The van der Waals surface area contributed by atoms with E-state index in [2.05, 4.69) is 29.6 Å². The lowest BCUT2D eigenvalue weighted by Crippen LogP contribution is -2.09. The van der Waals surface area contributed by atoms with Crippen molar-refractivity contribution in [1.82, 2.24) is 0 Å². The van der Waals surface area contributed by atoms with Crippen molar-refractivity contribution in [3.05, 3.63) is 101 Å². The number of benzene rings is 4. The van der Waals surface area contributed by atoms with Crippen molar-refractivity contribution in [3.63, 3.8) is 0 Å². The van der Waals surface area contributed by atoms with E-state index in [9.17, 15) is 9.18 Å². The molecule has 4 nitrogen and oxygen atoms in total. The maximum Gasteiger partial charge on any atom is 0.248 e. The van der Waals surface area contributed by atoms with E-state index >= 15 is 0 Å². The van der Waals surface area contributed by atoms with Crippen LogP contribution in [0.15, 0.2) is 83.5 Å². The zero-order valence-electron chi connectivity index (χ0n) is 20.0. The molecular weight excluding hydrogens is 477 g/mol. The largest absolute Gasteiger partial charge is 0.496 e. The Bertz CT molecular complexity index is 1660. The van der Waals surface area contributed by atoms with E-state index in [1.807, 2.05) is 38.1 Å². The second-order valence-corrected chi connectivity index (χ2v) is 8.99. The first-order valence-corrected chi connectivity index (χ1v) is 11.8. The van der Waals surface area contributed by atoms with E-state index in [-0.39, 0.29) is 10.9 Å². The van der Waals surface area contributed by atoms with Crippen LogP contribution >= 0.6 is 11.6 Å². The molecule has 0 radical (unpaired) electrons. The van der Waals surface area contributed by atoms with Crippen LogP contribution in [0.3, 0.4) is 0 Å². The van der Waals surface area contributed by atoms with Gasteiger partial charge in [0.25, 0.3) is 0 Å². The molecule has 0 aliphatic carbocycles. The molecule has 180 valence electrons. The van der Waals surface area contributed by atoms with Gasteiger partial charge in [0.1, 0.15) is 17.1 Å². The highest BCUT2D eigenvalue weighted by molar-refractivity contribution is 6.31. The fourth-order valence-corrected chi connectivity index (χ4v) is 4.75. The van der Waals surface area contributed by atoms with Crippen molar-refractivity contribution in [2.75, 3.05) is 12.4 Å². The minimum atomic E-state index is -0.544. The number of aryl methyl sites for hydroxylation is 1. The quantitative estimate of drug-likeness (QED) is 0.247. The standard InChI is InChI=1S/C30H23ClFNO3/c1-17(13-28(34)33-20-11-12-27(32)26(31)14-20)23-15-24-25(16-36-30(24)18(2)29(23)35-3)22-10-6-8-19-7-4-5-9-21(19)22/h4-16H,1-3H3,(H,33,34)/b17-13+. The van der Waals surface area contributed by atoms with Crippen LogP contribution in [-0.4, -0.2) is 13.0 Å². The van der Waals surface area contributed by atoms with Crippen LogP contribution in [0.25, 0.3) is 38.4 Å². The summed E-state index contributed by atoms with van der Waals surface area (Å²) in [5.41, 5.74) is 5.49. The number of hydrogen-bond acceptors (Lipinski definition) is 3. The normalized spacial score (nSPS) is 11.8. The van der Waals surface area contributed by atoms with Crippen LogP contribution in [-0.2, 0) is 4.79 Å². The van der Waals surface area contributed by atoms with Crippen LogP contribution in [0, 0.1) is 12.7 Å². The van der Waals surface area contributed by atoms with Crippen LogP contribution in [0.1, 0.15) is 18.1 Å². The molecule has 0 aliphatic heterocycles. The SMILES string of the molecule is COc1c(/C(C)=C/C(=O)Nc2ccc(F)c(Cl)c2)cc2c(-c3cccc4ccccc34)coc2c1C. The highest BCUT2D eigenvalue weighted by atomic mass is 35.5. The van der Waals surface area contributed by atoms with Gasteiger partial charge in [0.2, 0.25) is 5.91 Å².